The first-order valence-electron chi connectivity index (χ1n) is 8.29. The number of ketones is 1. The van der Waals surface area contributed by atoms with E-state index in [1.54, 1.807) is 19.1 Å². The highest BCUT2D eigenvalue weighted by molar-refractivity contribution is 5.87. The minimum absolute atomic E-state index is 0.0178. The second-order valence-electron chi connectivity index (χ2n) is 5.49. The van der Waals surface area contributed by atoms with Crippen molar-refractivity contribution in [1.29, 1.82) is 0 Å². The van der Waals surface area contributed by atoms with E-state index < -0.39 is 24.0 Å². The first kappa shape index (κ1) is 21.1. The summed E-state index contributed by atoms with van der Waals surface area (Å²) >= 11 is 0. The normalized spacial score (nSPS) is 11.2. The fourth-order valence-corrected chi connectivity index (χ4v) is 2.05. The second kappa shape index (κ2) is 11.6. The van der Waals surface area contributed by atoms with E-state index in [0.717, 1.165) is 5.56 Å². The molecule has 0 bridgehead atoms. The molecule has 1 aromatic rings. The minimum atomic E-state index is -0.940. The largest absolute Gasteiger partial charge is 0.467 e. The van der Waals surface area contributed by atoms with E-state index in [4.69, 9.17) is 4.74 Å². The van der Waals surface area contributed by atoms with Crippen LogP contribution in [-0.4, -0.2) is 43.4 Å². The number of alkyl carbamates (subject to hydrolysis) is 1. The zero-order valence-electron chi connectivity index (χ0n) is 14.9. The van der Waals surface area contributed by atoms with Crippen molar-refractivity contribution in [2.45, 2.75) is 38.8 Å². The smallest absolute Gasteiger partial charge is 0.407 e. The van der Waals surface area contributed by atoms with E-state index in [1.165, 1.54) is 7.11 Å². The summed E-state index contributed by atoms with van der Waals surface area (Å²) < 4.78 is 9.59. The standard InChI is InChI=1S/C18H24N2O6/c1-3-14(21)9-10-15(17(23)25-2)20-16(22)11-19-18(24)26-12-13-7-5-4-6-8-13/h4-8,15H,3,9-12H2,1-2H3,(H,19,24)(H,20,22)/t15-/m1/s1. The number of esters is 1. The maximum absolute atomic E-state index is 11.9. The van der Waals surface area contributed by atoms with Gasteiger partial charge in [0.25, 0.3) is 0 Å². The molecule has 0 aliphatic rings. The van der Waals surface area contributed by atoms with Crippen molar-refractivity contribution in [3.8, 4) is 0 Å². The summed E-state index contributed by atoms with van der Waals surface area (Å²) in [6, 6.07) is 8.15. The van der Waals surface area contributed by atoms with Gasteiger partial charge in [-0.2, -0.15) is 0 Å². The van der Waals surface area contributed by atoms with Gasteiger partial charge in [-0.15, -0.1) is 0 Å². The van der Waals surface area contributed by atoms with Crippen LogP contribution in [0.3, 0.4) is 0 Å². The molecule has 0 aliphatic carbocycles. The molecule has 8 nitrogen and oxygen atoms in total. The molecule has 0 unspecified atom stereocenters. The molecule has 26 heavy (non-hydrogen) atoms. The molecular weight excluding hydrogens is 340 g/mol. The summed E-state index contributed by atoms with van der Waals surface area (Å²) in [6.45, 7) is 1.44. The topological polar surface area (TPSA) is 111 Å². The number of carbonyl (C=O) groups is 4. The molecule has 0 spiro atoms. The van der Waals surface area contributed by atoms with E-state index in [2.05, 4.69) is 15.4 Å². The third-order valence-electron chi connectivity index (χ3n) is 3.53. The first-order chi connectivity index (χ1) is 12.5. The molecule has 0 radical (unpaired) electrons. The van der Waals surface area contributed by atoms with Crippen molar-refractivity contribution in [2.24, 2.45) is 0 Å². The summed E-state index contributed by atoms with van der Waals surface area (Å²) in [4.78, 5) is 46.6. The lowest BCUT2D eigenvalue weighted by Crippen LogP contribution is -2.46. The lowest BCUT2D eigenvalue weighted by Gasteiger charge is -2.16. The average molecular weight is 364 g/mol. The van der Waals surface area contributed by atoms with Crippen LogP contribution in [0.2, 0.25) is 0 Å². The predicted octanol–water partition coefficient (Wildman–Crippen LogP) is 1.33. The summed E-state index contributed by atoms with van der Waals surface area (Å²) in [5.41, 5.74) is 0.818. The molecule has 0 saturated heterocycles. The van der Waals surface area contributed by atoms with Gasteiger partial charge in [-0.25, -0.2) is 9.59 Å². The molecule has 0 heterocycles. The number of carbonyl (C=O) groups excluding carboxylic acids is 4. The van der Waals surface area contributed by atoms with Crippen LogP contribution in [0.5, 0.6) is 0 Å². The molecular formula is C18H24N2O6. The molecule has 1 atom stereocenters. The Morgan fingerprint density at radius 1 is 1.12 bits per heavy atom. The van der Waals surface area contributed by atoms with E-state index >= 15 is 0 Å². The Hall–Kier alpha value is -2.90. The Labute approximate surface area is 152 Å². The van der Waals surface area contributed by atoms with Gasteiger partial charge in [0.1, 0.15) is 25.0 Å². The van der Waals surface area contributed by atoms with Crippen LogP contribution in [0.15, 0.2) is 30.3 Å². The minimum Gasteiger partial charge on any atom is -0.467 e. The number of rotatable bonds is 10. The number of benzene rings is 1. The van der Waals surface area contributed by atoms with Gasteiger partial charge in [-0.05, 0) is 12.0 Å². The summed E-state index contributed by atoms with van der Waals surface area (Å²) in [5, 5.41) is 4.74. The van der Waals surface area contributed by atoms with Gasteiger partial charge >= 0.3 is 12.1 Å². The highest BCUT2D eigenvalue weighted by atomic mass is 16.5. The Balaban J connectivity index is 2.37. The van der Waals surface area contributed by atoms with Gasteiger partial charge in [0, 0.05) is 12.8 Å². The van der Waals surface area contributed by atoms with E-state index in [1.807, 2.05) is 18.2 Å². The monoisotopic (exact) mass is 364 g/mol. The molecule has 0 saturated carbocycles. The van der Waals surface area contributed by atoms with Gasteiger partial charge in [0.15, 0.2) is 0 Å². The number of hydrogen-bond donors (Lipinski definition) is 2. The van der Waals surface area contributed by atoms with Crippen LogP contribution in [0, 0.1) is 0 Å². The van der Waals surface area contributed by atoms with Crippen molar-refractivity contribution >= 4 is 23.8 Å². The lowest BCUT2D eigenvalue weighted by molar-refractivity contribution is -0.145. The van der Waals surface area contributed by atoms with Crippen LogP contribution in [-0.2, 0) is 30.5 Å². The van der Waals surface area contributed by atoms with Crippen molar-refractivity contribution in [2.75, 3.05) is 13.7 Å². The summed E-state index contributed by atoms with van der Waals surface area (Å²) in [5.74, 6) is -1.24. The maximum Gasteiger partial charge on any atom is 0.407 e. The SMILES string of the molecule is CCC(=O)CC[C@@H](NC(=O)CNC(=O)OCc1ccccc1)C(=O)OC. The lowest BCUT2D eigenvalue weighted by atomic mass is 10.1. The molecule has 0 aliphatic heterocycles. The van der Waals surface area contributed by atoms with Gasteiger partial charge in [0.05, 0.1) is 7.11 Å². The summed E-state index contributed by atoms with van der Waals surface area (Å²) in [7, 11) is 1.20. The highest BCUT2D eigenvalue weighted by Crippen LogP contribution is 2.03. The van der Waals surface area contributed by atoms with Crippen molar-refractivity contribution < 1.29 is 28.7 Å². The molecule has 0 fully saturated rings. The quantitative estimate of drug-likeness (QED) is 0.606. The molecule has 0 aromatic heterocycles. The predicted molar refractivity (Wildman–Crippen MR) is 93.1 cm³/mol. The maximum atomic E-state index is 11.9. The van der Waals surface area contributed by atoms with Crippen LogP contribution >= 0.6 is 0 Å². The number of Topliss-reactive ketones (excluding diaryl/α,β-unsaturated/α-hetero) is 1. The zero-order chi connectivity index (χ0) is 19.4. The van der Waals surface area contributed by atoms with E-state index in [-0.39, 0.29) is 31.8 Å². The number of hydrogen-bond acceptors (Lipinski definition) is 6. The Morgan fingerprint density at radius 2 is 1.81 bits per heavy atom. The average Bonchev–Trinajstić information content (AvgIpc) is 2.67. The molecule has 1 rings (SSSR count). The van der Waals surface area contributed by atoms with Crippen molar-refractivity contribution in [3.63, 3.8) is 0 Å². The number of methoxy groups -OCH3 is 1. The molecule has 2 N–H and O–H groups in total. The van der Waals surface area contributed by atoms with E-state index in [0.29, 0.717) is 6.42 Å². The third kappa shape index (κ3) is 8.27. The highest BCUT2D eigenvalue weighted by Gasteiger charge is 2.22. The molecule has 1 aromatic carbocycles. The van der Waals surface area contributed by atoms with Gasteiger partial charge in [-0.1, -0.05) is 37.3 Å². The van der Waals surface area contributed by atoms with Crippen molar-refractivity contribution in [1.82, 2.24) is 10.6 Å². The van der Waals surface area contributed by atoms with Crippen LogP contribution < -0.4 is 10.6 Å². The van der Waals surface area contributed by atoms with Crippen molar-refractivity contribution in [3.05, 3.63) is 35.9 Å². The Bertz CT molecular complexity index is 617. The summed E-state index contributed by atoms with van der Waals surface area (Å²) in [6.07, 6.45) is -0.0942. The second-order valence-corrected chi connectivity index (χ2v) is 5.49. The first-order valence-corrected chi connectivity index (χ1v) is 8.29. The van der Waals surface area contributed by atoms with Gasteiger partial charge in [-0.3, -0.25) is 9.59 Å². The zero-order valence-corrected chi connectivity index (χ0v) is 14.9. The fraction of sp³-hybridized carbons (Fsp3) is 0.444. The van der Waals surface area contributed by atoms with Crippen LogP contribution in [0.25, 0.3) is 0 Å². The fourth-order valence-electron chi connectivity index (χ4n) is 2.05. The van der Waals surface area contributed by atoms with Gasteiger partial charge < -0.3 is 20.1 Å². The Morgan fingerprint density at radius 3 is 2.42 bits per heavy atom. The van der Waals surface area contributed by atoms with Gasteiger partial charge in [0.2, 0.25) is 5.91 Å². The number of ether oxygens (including phenoxy) is 2. The number of nitrogens with one attached hydrogen (secondary N) is 2. The van der Waals surface area contributed by atoms with Crippen LogP contribution in [0.1, 0.15) is 31.7 Å². The molecule has 2 amide bonds. The Kier molecular flexibility index (Phi) is 9.45. The third-order valence-corrected chi connectivity index (χ3v) is 3.53. The van der Waals surface area contributed by atoms with E-state index in [9.17, 15) is 19.2 Å². The van der Waals surface area contributed by atoms with Crippen LogP contribution in [0.4, 0.5) is 4.79 Å². The molecule has 142 valence electrons. The molecule has 8 heteroatoms. The number of amides is 2.